The van der Waals surface area contributed by atoms with Crippen molar-refractivity contribution in [2.24, 2.45) is 0 Å². The molecular formula is C25H28N6O2. The summed E-state index contributed by atoms with van der Waals surface area (Å²) in [4.78, 5) is 25.6. The van der Waals surface area contributed by atoms with E-state index in [4.69, 9.17) is 11.8 Å². The Bertz CT molecular complexity index is 1360. The number of nitrogens with two attached hydrogens (primary N) is 1. The lowest BCUT2D eigenvalue weighted by molar-refractivity contribution is 0.0500. The number of hydrogen-bond acceptors (Lipinski definition) is 6. The Balaban J connectivity index is 1.78. The number of hydrogen-bond donors (Lipinski definition) is 2. The van der Waals surface area contributed by atoms with Gasteiger partial charge in [0.1, 0.15) is 23.4 Å². The normalized spacial score (nSPS) is 14.0. The van der Waals surface area contributed by atoms with Crippen LogP contribution in [0.15, 0.2) is 61.7 Å². The maximum atomic E-state index is 12.4. The molecule has 0 radical (unpaired) electrons. The van der Waals surface area contributed by atoms with Crippen LogP contribution < -0.4 is 11.1 Å². The molecule has 0 aliphatic carbocycles. The van der Waals surface area contributed by atoms with Gasteiger partial charge in [0.25, 0.3) is 0 Å². The van der Waals surface area contributed by atoms with Gasteiger partial charge in [-0.25, -0.2) is 14.8 Å². The molecule has 8 nitrogen and oxygen atoms in total. The number of carbonyl (C=O) groups excluding carboxylic acids is 1. The third-order valence-corrected chi connectivity index (χ3v) is 5.00. The van der Waals surface area contributed by atoms with Gasteiger partial charge in [0.05, 0.1) is 18.3 Å². The van der Waals surface area contributed by atoms with Crippen molar-refractivity contribution in [1.82, 2.24) is 24.8 Å². The minimum Gasteiger partial charge on any atom is -0.444 e. The summed E-state index contributed by atoms with van der Waals surface area (Å²) in [6, 6.07) is 9.24. The lowest BCUT2D eigenvalue weighted by Gasteiger charge is -2.23. The van der Waals surface area contributed by atoms with Crippen LogP contribution >= 0.6 is 0 Å². The first-order chi connectivity index (χ1) is 16.2. The monoisotopic (exact) mass is 445 g/mol. The van der Waals surface area contributed by atoms with Gasteiger partial charge in [-0.2, -0.15) is 0 Å². The number of nitrogens with one attached hydrogen (secondary N) is 1. The molecule has 3 N–H and O–H groups in total. The minimum absolute atomic E-state index is 0.305. The molecule has 0 saturated heterocycles. The number of fused-ring (bicyclic) bond motifs is 2. The zero-order valence-corrected chi connectivity index (χ0v) is 18.9. The molecule has 4 rings (SSSR count). The van der Waals surface area contributed by atoms with Gasteiger partial charge < -0.3 is 20.4 Å². The van der Waals surface area contributed by atoms with Crippen molar-refractivity contribution in [2.45, 2.75) is 45.4 Å². The topological polar surface area (TPSA) is 108 Å². The molecule has 1 unspecified atom stereocenters. The number of ether oxygens (including phenoxy) is 1. The fourth-order valence-corrected chi connectivity index (χ4v) is 3.65. The van der Waals surface area contributed by atoms with Crippen LogP contribution in [-0.4, -0.2) is 37.3 Å². The number of aromatic nitrogens is 4. The highest BCUT2D eigenvalue weighted by molar-refractivity contribution is 6.01. The van der Waals surface area contributed by atoms with Gasteiger partial charge in [-0.05, 0) is 39.3 Å². The smallest absolute Gasteiger partial charge is 0.407 e. The Hall–Kier alpha value is -3.94. The van der Waals surface area contributed by atoms with Crippen molar-refractivity contribution in [2.75, 3.05) is 5.73 Å². The standard InChI is InChI=1S/C25H28N6O2/c1-5-8-18(30-24(32)33-25(2,3)4)13-31-14-19(21-22(26)28-15-29-23(21)31)17-11-16-9-6-7-10-20(16)27-12-17/h5-7,9-12,14-15,18H,1,8,13H2,2-4H3,(H,30,32)(H2,26,28,29)/t18-/m0/s1/i13D/t13?,18-. The average Bonchev–Trinajstić information content (AvgIpc) is 3.18. The second-order valence-electron chi connectivity index (χ2n) is 8.75. The van der Waals surface area contributed by atoms with Crippen LogP contribution in [0.5, 0.6) is 0 Å². The Morgan fingerprint density at radius 2 is 2.12 bits per heavy atom. The number of nitrogens with zero attached hydrogens (tertiary/aromatic N) is 4. The minimum atomic E-state index is -0.926. The molecule has 1 aromatic carbocycles. The second kappa shape index (κ2) is 8.90. The van der Waals surface area contributed by atoms with Crippen molar-refractivity contribution < 1.29 is 10.9 Å². The number of carbonyl (C=O) groups is 1. The number of pyridine rings is 1. The third kappa shape index (κ3) is 4.95. The molecule has 3 heterocycles. The summed E-state index contributed by atoms with van der Waals surface area (Å²) in [5, 5.41) is 4.41. The number of amides is 1. The van der Waals surface area contributed by atoms with Crippen LogP contribution in [0.1, 0.15) is 28.6 Å². The van der Waals surface area contributed by atoms with Crippen molar-refractivity contribution in [3.05, 3.63) is 61.7 Å². The Labute approximate surface area is 193 Å². The van der Waals surface area contributed by atoms with E-state index in [0.717, 1.165) is 22.0 Å². The molecule has 0 saturated carbocycles. The first-order valence-corrected chi connectivity index (χ1v) is 10.7. The number of alkyl carbamates (subject to hydrolysis) is 1. The molecule has 0 aliphatic heterocycles. The molecule has 0 spiro atoms. The van der Waals surface area contributed by atoms with Crippen molar-refractivity contribution in [3.63, 3.8) is 0 Å². The number of benzene rings is 1. The number of anilines is 1. The van der Waals surface area contributed by atoms with Crippen LogP contribution in [-0.2, 0) is 11.3 Å². The molecule has 33 heavy (non-hydrogen) atoms. The lowest BCUT2D eigenvalue weighted by atomic mass is 10.1. The number of para-hydroxylation sites is 1. The van der Waals surface area contributed by atoms with Gasteiger partial charge >= 0.3 is 6.09 Å². The molecule has 0 fully saturated rings. The molecule has 1 amide bonds. The molecule has 2 atom stereocenters. The third-order valence-electron chi connectivity index (χ3n) is 5.00. The van der Waals surface area contributed by atoms with Gasteiger partial charge in [-0.3, -0.25) is 4.98 Å². The van der Waals surface area contributed by atoms with Crippen molar-refractivity contribution in [3.8, 4) is 11.1 Å². The predicted molar refractivity (Wildman–Crippen MR) is 131 cm³/mol. The van der Waals surface area contributed by atoms with Gasteiger partial charge in [-0.15, -0.1) is 6.58 Å². The number of rotatable bonds is 6. The van der Waals surface area contributed by atoms with E-state index in [1.807, 2.05) is 36.5 Å². The molecular weight excluding hydrogens is 416 g/mol. The summed E-state index contributed by atoms with van der Waals surface area (Å²) in [6.07, 6.45) is 6.38. The Morgan fingerprint density at radius 3 is 2.88 bits per heavy atom. The maximum absolute atomic E-state index is 12.4. The van der Waals surface area contributed by atoms with E-state index < -0.39 is 24.3 Å². The fourth-order valence-electron chi connectivity index (χ4n) is 3.65. The summed E-state index contributed by atoms with van der Waals surface area (Å²) >= 11 is 0. The molecule has 3 aromatic heterocycles. The quantitative estimate of drug-likeness (QED) is 0.417. The van der Waals surface area contributed by atoms with Crippen LogP contribution in [0.3, 0.4) is 0 Å². The van der Waals surface area contributed by atoms with Crippen molar-refractivity contribution in [1.29, 1.82) is 0 Å². The highest BCUT2D eigenvalue weighted by Gasteiger charge is 2.22. The molecule has 4 aromatic rings. The largest absolute Gasteiger partial charge is 0.444 e. The SMILES string of the molecule is [2H]C([C@H](CC=C)NC(=O)OC(C)(C)C)n1cc(-c2cnc3ccccc3c2)c2c(N)ncnc21. The van der Waals surface area contributed by atoms with Crippen LogP contribution in [0.2, 0.25) is 0 Å². The number of nitrogen functional groups attached to an aromatic ring is 1. The predicted octanol–water partition coefficient (Wildman–Crippen LogP) is 4.70. The van der Waals surface area contributed by atoms with E-state index in [2.05, 4.69) is 26.8 Å². The van der Waals surface area contributed by atoms with Crippen LogP contribution in [0, 0.1) is 0 Å². The van der Waals surface area contributed by atoms with E-state index in [0.29, 0.717) is 23.3 Å². The zero-order chi connectivity index (χ0) is 24.5. The molecule has 170 valence electrons. The van der Waals surface area contributed by atoms with E-state index in [1.165, 1.54) is 6.33 Å². The highest BCUT2D eigenvalue weighted by Crippen LogP contribution is 2.33. The zero-order valence-electron chi connectivity index (χ0n) is 19.9. The summed E-state index contributed by atoms with van der Waals surface area (Å²) in [5.74, 6) is 0.305. The molecule has 0 bridgehead atoms. The van der Waals surface area contributed by atoms with Crippen molar-refractivity contribution >= 4 is 33.8 Å². The van der Waals surface area contributed by atoms with E-state index in [9.17, 15) is 4.79 Å². The molecule has 8 heteroatoms. The summed E-state index contributed by atoms with van der Waals surface area (Å²) in [5.41, 5.74) is 8.57. The summed E-state index contributed by atoms with van der Waals surface area (Å²) in [6.45, 7) is 8.22. The Kier molecular flexibility index (Phi) is 5.64. The Morgan fingerprint density at radius 1 is 1.33 bits per heavy atom. The van der Waals surface area contributed by atoms with Gasteiger partial charge in [0.2, 0.25) is 0 Å². The first-order valence-electron chi connectivity index (χ1n) is 11.2. The first kappa shape index (κ1) is 20.9. The van der Waals surface area contributed by atoms with Gasteiger partial charge in [0.15, 0.2) is 0 Å². The molecule has 0 aliphatic rings. The lowest BCUT2D eigenvalue weighted by Crippen LogP contribution is -2.41. The fraction of sp³-hybridized carbons (Fsp3) is 0.280. The van der Waals surface area contributed by atoms with Crippen LogP contribution in [0.25, 0.3) is 33.1 Å². The van der Waals surface area contributed by atoms with Gasteiger partial charge in [-0.1, -0.05) is 24.3 Å². The summed E-state index contributed by atoms with van der Waals surface area (Å²) < 4.78 is 16.1. The van der Waals surface area contributed by atoms with E-state index >= 15 is 0 Å². The van der Waals surface area contributed by atoms with Crippen LogP contribution in [0.4, 0.5) is 10.6 Å². The average molecular weight is 446 g/mol. The summed E-state index contributed by atoms with van der Waals surface area (Å²) in [7, 11) is 0. The van der Waals surface area contributed by atoms with E-state index in [-0.39, 0.29) is 0 Å². The van der Waals surface area contributed by atoms with E-state index in [1.54, 1.807) is 37.6 Å². The second-order valence-corrected chi connectivity index (χ2v) is 8.75. The maximum Gasteiger partial charge on any atom is 0.407 e. The van der Waals surface area contributed by atoms with Gasteiger partial charge in [0, 0.05) is 35.4 Å². The highest BCUT2D eigenvalue weighted by atomic mass is 16.6.